The Morgan fingerprint density at radius 3 is 2.48 bits per heavy atom. The number of methoxy groups -OCH3 is 1. The standard InChI is InChI=1S/C15H22N2O4/c1-5-21-14(18)9-17(10(2)3)15(19)11-6-12(16)8-13(7-11)20-4/h6-8,10H,5,9,16H2,1-4H3. The summed E-state index contributed by atoms with van der Waals surface area (Å²) in [5.41, 5.74) is 6.56. The van der Waals surface area contributed by atoms with E-state index in [0.29, 0.717) is 17.0 Å². The first kappa shape index (κ1) is 16.8. The maximum absolute atomic E-state index is 12.6. The van der Waals surface area contributed by atoms with Gasteiger partial charge in [-0.2, -0.15) is 0 Å². The molecule has 1 rings (SSSR count). The van der Waals surface area contributed by atoms with Crippen molar-refractivity contribution in [1.29, 1.82) is 0 Å². The van der Waals surface area contributed by atoms with Crippen LogP contribution in [-0.4, -0.2) is 43.1 Å². The molecule has 1 aromatic rings. The lowest BCUT2D eigenvalue weighted by Gasteiger charge is -2.26. The van der Waals surface area contributed by atoms with Gasteiger partial charge >= 0.3 is 5.97 Å². The number of esters is 1. The van der Waals surface area contributed by atoms with Gasteiger partial charge in [-0.25, -0.2) is 0 Å². The molecule has 0 heterocycles. The molecule has 0 aromatic heterocycles. The Balaban J connectivity index is 3.00. The van der Waals surface area contributed by atoms with Crippen molar-refractivity contribution in [2.45, 2.75) is 26.8 Å². The molecule has 0 aliphatic carbocycles. The lowest BCUT2D eigenvalue weighted by atomic mass is 10.1. The zero-order chi connectivity index (χ0) is 16.0. The summed E-state index contributed by atoms with van der Waals surface area (Å²) >= 11 is 0. The average molecular weight is 294 g/mol. The van der Waals surface area contributed by atoms with Gasteiger partial charge in [0.05, 0.1) is 13.7 Å². The third kappa shape index (κ3) is 4.66. The van der Waals surface area contributed by atoms with Crippen LogP contribution in [0.4, 0.5) is 5.69 Å². The van der Waals surface area contributed by atoms with Crippen molar-refractivity contribution < 1.29 is 19.1 Å². The third-order valence-electron chi connectivity index (χ3n) is 2.90. The molecule has 0 saturated heterocycles. The van der Waals surface area contributed by atoms with E-state index >= 15 is 0 Å². The van der Waals surface area contributed by atoms with Gasteiger partial charge in [0.1, 0.15) is 12.3 Å². The van der Waals surface area contributed by atoms with Crippen molar-refractivity contribution in [2.24, 2.45) is 0 Å². The molecule has 21 heavy (non-hydrogen) atoms. The molecule has 0 atom stereocenters. The van der Waals surface area contributed by atoms with Gasteiger partial charge in [-0.15, -0.1) is 0 Å². The molecule has 0 aliphatic heterocycles. The number of carbonyl (C=O) groups excluding carboxylic acids is 2. The summed E-state index contributed by atoms with van der Waals surface area (Å²) in [7, 11) is 1.50. The maximum Gasteiger partial charge on any atom is 0.325 e. The Bertz CT molecular complexity index is 514. The van der Waals surface area contributed by atoms with Gasteiger partial charge in [-0.3, -0.25) is 9.59 Å². The number of amides is 1. The third-order valence-corrected chi connectivity index (χ3v) is 2.90. The van der Waals surface area contributed by atoms with E-state index in [1.165, 1.54) is 12.0 Å². The van der Waals surface area contributed by atoms with E-state index in [-0.39, 0.29) is 25.1 Å². The van der Waals surface area contributed by atoms with E-state index < -0.39 is 5.97 Å². The molecule has 1 aromatic carbocycles. The molecule has 0 saturated carbocycles. The van der Waals surface area contributed by atoms with E-state index in [4.69, 9.17) is 15.2 Å². The van der Waals surface area contributed by atoms with Crippen molar-refractivity contribution in [3.63, 3.8) is 0 Å². The fourth-order valence-corrected chi connectivity index (χ4v) is 1.86. The first-order valence-corrected chi connectivity index (χ1v) is 6.80. The van der Waals surface area contributed by atoms with Crippen LogP contribution in [0, 0.1) is 0 Å². The van der Waals surface area contributed by atoms with Crippen LogP contribution in [0.15, 0.2) is 18.2 Å². The fourth-order valence-electron chi connectivity index (χ4n) is 1.86. The Morgan fingerprint density at radius 1 is 1.29 bits per heavy atom. The minimum atomic E-state index is -0.435. The summed E-state index contributed by atoms with van der Waals surface area (Å²) < 4.78 is 10.00. The number of ether oxygens (including phenoxy) is 2. The summed E-state index contributed by atoms with van der Waals surface area (Å²) in [5, 5.41) is 0. The van der Waals surface area contributed by atoms with Crippen LogP contribution < -0.4 is 10.5 Å². The molecule has 6 nitrogen and oxygen atoms in total. The normalized spacial score (nSPS) is 10.3. The summed E-state index contributed by atoms with van der Waals surface area (Å²) in [6.07, 6.45) is 0. The number of anilines is 1. The largest absolute Gasteiger partial charge is 0.497 e. The molecule has 0 aliphatic rings. The molecule has 1 amide bonds. The van der Waals surface area contributed by atoms with E-state index in [9.17, 15) is 9.59 Å². The zero-order valence-corrected chi connectivity index (χ0v) is 12.9. The van der Waals surface area contributed by atoms with Gasteiger partial charge in [-0.05, 0) is 32.9 Å². The molecule has 0 unspecified atom stereocenters. The molecular weight excluding hydrogens is 272 g/mol. The van der Waals surface area contributed by atoms with Gasteiger partial charge in [-0.1, -0.05) is 0 Å². The molecule has 2 N–H and O–H groups in total. The smallest absolute Gasteiger partial charge is 0.325 e. The van der Waals surface area contributed by atoms with Crippen molar-refractivity contribution in [1.82, 2.24) is 4.90 Å². The lowest BCUT2D eigenvalue weighted by molar-refractivity contribution is -0.144. The number of carbonyl (C=O) groups is 2. The van der Waals surface area contributed by atoms with Crippen LogP contribution in [0.3, 0.4) is 0 Å². The summed E-state index contributed by atoms with van der Waals surface area (Å²) in [4.78, 5) is 25.6. The minimum Gasteiger partial charge on any atom is -0.497 e. The zero-order valence-electron chi connectivity index (χ0n) is 12.9. The van der Waals surface area contributed by atoms with Crippen LogP contribution in [0.5, 0.6) is 5.75 Å². The highest BCUT2D eigenvalue weighted by Gasteiger charge is 2.22. The first-order valence-electron chi connectivity index (χ1n) is 6.80. The molecular formula is C15H22N2O4. The monoisotopic (exact) mass is 294 g/mol. The topological polar surface area (TPSA) is 81.9 Å². The number of rotatable bonds is 6. The van der Waals surface area contributed by atoms with Crippen LogP contribution >= 0.6 is 0 Å². The summed E-state index contributed by atoms with van der Waals surface area (Å²) in [5.74, 6) is -0.225. The van der Waals surface area contributed by atoms with Gasteiger partial charge in [0.15, 0.2) is 0 Å². The van der Waals surface area contributed by atoms with E-state index in [2.05, 4.69) is 0 Å². The number of benzene rings is 1. The molecule has 0 fully saturated rings. The molecule has 6 heteroatoms. The van der Waals surface area contributed by atoms with Gasteiger partial charge < -0.3 is 20.1 Å². The maximum atomic E-state index is 12.6. The van der Waals surface area contributed by atoms with Crippen LogP contribution in [0.2, 0.25) is 0 Å². The van der Waals surface area contributed by atoms with E-state index in [1.54, 1.807) is 25.1 Å². The lowest BCUT2D eigenvalue weighted by Crippen LogP contribution is -2.41. The van der Waals surface area contributed by atoms with Crippen LogP contribution in [0.1, 0.15) is 31.1 Å². The minimum absolute atomic E-state index is 0.0958. The number of nitrogen functional groups attached to an aromatic ring is 1. The molecule has 0 spiro atoms. The Labute approximate surface area is 124 Å². The first-order chi connectivity index (χ1) is 9.88. The van der Waals surface area contributed by atoms with Crippen LogP contribution in [-0.2, 0) is 9.53 Å². The van der Waals surface area contributed by atoms with Gasteiger partial charge in [0, 0.05) is 23.4 Å². The average Bonchev–Trinajstić information content (AvgIpc) is 2.43. The number of hydrogen-bond donors (Lipinski definition) is 1. The van der Waals surface area contributed by atoms with Crippen molar-refractivity contribution in [2.75, 3.05) is 26.0 Å². The number of hydrogen-bond acceptors (Lipinski definition) is 5. The predicted molar refractivity (Wildman–Crippen MR) is 80.2 cm³/mol. The Morgan fingerprint density at radius 2 is 1.95 bits per heavy atom. The second-order valence-corrected chi connectivity index (χ2v) is 4.83. The second-order valence-electron chi connectivity index (χ2n) is 4.83. The van der Waals surface area contributed by atoms with E-state index in [1.807, 2.05) is 13.8 Å². The molecule has 116 valence electrons. The Kier molecular flexibility index (Phi) is 6.02. The highest BCUT2D eigenvalue weighted by molar-refractivity contribution is 5.97. The SMILES string of the molecule is CCOC(=O)CN(C(=O)c1cc(N)cc(OC)c1)C(C)C. The van der Waals surface area contributed by atoms with Crippen molar-refractivity contribution in [3.05, 3.63) is 23.8 Å². The quantitative estimate of drug-likeness (QED) is 0.638. The predicted octanol–water partition coefficient (Wildman–Crippen LogP) is 1.69. The van der Waals surface area contributed by atoms with Crippen molar-refractivity contribution in [3.8, 4) is 5.75 Å². The Hall–Kier alpha value is -2.24. The summed E-state index contributed by atoms with van der Waals surface area (Å²) in [6.45, 7) is 5.58. The molecule has 0 bridgehead atoms. The van der Waals surface area contributed by atoms with Gasteiger partial charge in [0.25, 0.3) is 5.91 Å². The highest BCUT2D eigenvalue weighted by atomic mass is 16.5. The second kappa shape index (κ2) is 7.52. The van der Waals surface area contributed by atoms with Gasteiger partial charge in [0.2, 0.25) is 0 Å². The number of nitrogens with zero attached hydrogens (tertiary/aromatic N) is 1. The molecule has 0 radical (unpaired) electrons. The fraction of sp³-hybridized carbons (Fsp3) is 0.467. The van der Waals surface area contributed by atoms with Crippen LogP contribution in [0.25, 0.3) is 0 Å². The summed E-state index contributed by atoms with van der Waals surface area (Å²) in [6, 6.07) is 4.64. The van der Waals surface area contributed by atoms with E-state index in [0.717, 1.165) is 0 Å². The number of nitrogens with two attached hydrogens (primary N) is 1. The van der Waals surface area contributed by atoms with Crippen molar-refractivity contribution >= 4 is 17.6 Å². The highest BCUT2D eigenvalue weighted by Crippen LogP contribution is 2.20.